The highest BCUT2D eigenvalue weighted by Crippen LogP contribution is 1.70. The fourth-order valence-electron chi connectivity index (χ4n) is 0.118. The Morgan fingerprint density at radius 3 is 2.29 bits per heavy atom. The van der Waals surface area contributed by atoms with E-state index < -0.39 is 12.0 Å². The molecule has 3 heteroatoms. The van der Waals surface area contributed by atoms with Crippen LogP contribution in [-0.4, -0.2) is 19.1 Å². The summed E-state index contributed by atoms with van der Waals surface area (Å²) < 4.78 is 0. The molecule has 1 atom stereocenters. The zero-order valence-corrected chi connectivity index (χ0v) is 4.39. The molecule has 0 aliphatic rings. The molecule has 0 amide bonds. The molecule has 0 saturated carbocycles. The van der Waals surface area contributed by atoms with Crippen molar-refractivity contribution in [3.63, 3.8) is 0 Å². The molecule has 0 aromatic rings. The van der Waals surface area contributed by atoms with Gasteiger partial charge < -0.3 is 15.2 Å². The fourth-order valence-corrected chi connectivity index (χ4v) is 0.118. The van der Waals surface area contributed by atoms with E-state index in [0.29, 0.717) is 0 Å². The summed E-state index contributed by atoms with van der Waals surface area (Å²) in [4.78, 5) is 9.76. The molecular weight excluding hydrogens is 94.0 g/mol. The van der Waals surface area contributed by atoms with E-state index in [2.05, 4.69) is 5.32 Å². The maximum atomic E-state index is 9.76. The molecular formula is C4H8NO2-. The minimum atomic E-state index is -1.07. The molecule has 42 valence electrons. The summed E-state index contributed by atoms with van der Waals surface area (Å²) in [5.74, 6) is -1.07. The molecule has 0 fully saturated rings. The van der Waals surface area contributed by atoms with Crippen molar-refractivity contribution in [1.82, 2.24) is 5.32 Å². The van der Waals surface area contributed by atoms with Crippen molar-refractivity contribution in [3.8, 4) is 0 Å². The molecule has 1 N–H and O–H groups in total. The van der Waals surface area contributed by atoms with E-state index in [4.69, 9.17) is 0 Å². The van der Waals surface area contributed by atoms with Crippen molar-refractivity contribution in [2.24, 2.45) is 0 Å². The lowest BCUT2D eigenvalue weighted by molar-refractivity contribution is -0.307. The Morgan fingerprint density at radius 2 is 2.29 bits per heavy atom. The van der Waals surface area contributed by atoms with Gasteiger partial charge in [-0.05, 0) is 14.0 Å². The minimum Gasteiger partial charge on any atom is -0.548 e. The maximum Gasteiger partial charge on any atom is 0.0581 e. The number of aliphatic carboxylic acids is 1. The third kappa shape index (κ3) is 2.17. The molecule has 0 aromatic carbocycles. The lowest BCUT2D eigenvalue weighted by Crippen LogP contribution is -2.41. The molecule has 0 spiro atoms. The van der Waals surface area contributed by atoms with Crippen molar-refractivity contribution in [3.05, 3.63) is 0 Å². The molecule has 0 heterocycles. The number of hydrogen-bond acceptors (Lipinski definition) is 3. The molecule has 0 saturated heterocycles. The van der Waals surface area contributed by atoms with Crippen molar-refractivity contribution in [2.75, 3.05) is 7.05 Å². The van der Waals surface area contributed by atoms with E-state index in [-0.39, 0.29) is 0 Å². The molecule has 0 aromatic heterocycles. The SMILES string of the molecule is CNC(C)C(=O)[O-]. The Labute approximate surface area is 42.3 Å². The third-order valence-electron chi connectivity index (χ3n) is 0.787. The van der Waals surface area contributed by atoms with E-state index in [1.165, 1.54) is 6.92 Å². The van der Waals surface area contributed by atoms with Crippen LogP contribution in [0.3, 0.4) is 0 Å². The Kier molecular flexibility index (Phi) is 2.37. The van der Waals surface area contributed by atoms with Crippen LogP contribution >= 0.6 is 0 Å². The summed E-state index contributed by atoms with van der Waals surface area (Å²) in [5, 5.41) is 12.3. The van der Waals surface area contributed by atoms with Crippen LogP contribution in [0.2, 0.25) is 0 Å². The Bertz CT molecular complexity index is 72.1. The lowest BCUT2D eigenvalue weighted by atomic mass is 10.4. The topological polar surface area (TPSA) is 52.2 Å². The Balaban J connectivity index is 3.34. The van der Waals surface area contributed by atoms with Gasteiger partial charge in [-0.1, -0.05) is 0 Å². The first-order valence-corrected chi connectivity index (χ1v) is 2.06. The summed E-state index contributed by atoms with van der Waals surface area (Å²) in [6, 6.07) is -0.542. The minimum absolute atomic E-state index is 0.542. The summed E-state index contributed by atoms with van der Waals surface area (Å²) >= 11 is 0. The predicted molar refractivity (Wildman–Crippen MR) is 23.5 cm³/mol. The number of hydrogen-bond donors (Lipinski definition) is 1. The van der Waals surface area contributed by atoms with E-state index in [1.807, 2.05) is 0 Å². The van der Waals surface area contributed by atoms with Gasteiger partial charge in [0.1, 0.15) is 0 Å². The van der Waals surface area contributed by atoms with E-state index >= 15 is 0 Å². The van der Waals surface area contributed by atoms with E-state index in [1.54, 1.807) is 7.05 Å². The van der Waals surface area contributed by atoms with Crippen LogP contribution in [-0.2, 0) is 4.79 Å². The van der Waals surface area contributed by atoms with Gasteiger partial charge >= 0.3 is 0 Å². The second kappa shape index (κ2) is 2.58. The summed E-state index contributed by atoms with van der Waals surface area (Å²) in [7, 11) is 1.57. The zero-order valence-electron chi connectivity index (χ0n) is 4.39. The second-order valence-electron chi connectivity index (χ2n) is 1.33. The molecule has 3 nitrogen and oxygen atoms in total. The smallest absolute Gasteiger partial charge is 0.0581 e. The number of rotatable bonds is 2. The summed E-state index contributed by atoms with van der Waals surface area (Å²) in [5.41, 5.74) is 0. The first-order chi connectivity index (χ1) is 3.18. The van der Waals surface area contributed by atoms with Gasteiger partial charge in [0.25, 0.3) is 0 Å². The summed E-state index contributed by atoms with van der Waals surface area (Å²) in [6.45, 7) is 1.52. The molecule has 0 rings (SSSR count). The van der Waals surface area contributed by atoms with Crippen molar-refractivity contribution in [2.45, 2.75) is 13.0 Å². The molecule has 1 unspecified atom stereocenters. The third-order valence-corrected chi connectivity index (χ3v) is 0.787. The molecule has 0 radical (unpaired) electrons. The lowest BCUT2D eigenvalue weighted by Gasteiger charge is -2.08. The molecule has 0 bridgehead atoms. The zero-order chi connectivity index (χ0) is 5.86. The van der Waals surface area contributed by atoms with Gasteiger partial charge in [-0.15, -0.1) is 0 Å². The number of likely N-dealkylation sites (N-methyl/N-ethyl adjacent to an activating group) is 1. The van der Waals surface area contributed by atoms with Gasteiger partial charge in [0.2, 0.25) is 0 Å². The van der Waals surface area contributed by atoms with Gasteiger partial charge in [0, 0.05) is 6.04 Å². The van der Waals surface area contributed by atoms with Crippen LogP contribution in [0.1, 0.15) is 6.92 Å². The first-order valence-electron chi connectivity index (χ1n) is 2.06. The highest BCUT2D eigenvalue weighted by atomic mass is 16.4. The Morgan fingerprint density at radius 1 is 1.86 bits per heavy atom. The number of carbonyl (C=O) groups excluding carboxylic acids is 1. The van der Waals surface area contributed by atoms with Crippen molar-refractivity contribution < 1.29 is 9.90 Å². The average Bonchev–Trinajstić information content (AvgIpc) is 1.65. The number of carboxylic acids is 1. The van der Waals surface area contributed by atoms with Crippen LogP contribution in [0.15, 0.2) is 0 Å². The summed E-state index contributed by atoms with van der Waals surface area (Å²) in [6.07, 6.45) is 0. The van der Waals surface area contributed by atoms with Crippen LogP contribution in [0.5, 0.6) is 0 Å². The quantitative estimate of drug-likeness (QED) is 0.454. The maximum absolute atomic E-state index is 9.76. The molecule has 0 aliphatic heterocycles. The first kappa shape index (κ1) is 6.43. The highest BCUT2D eigenvalue weighted by molar-refractivity contribution is 5.70. The standard InChI is InChI=1S/C4H9NO2/c1-3(5-2)4(6)7/h3,5H,1-2H3,(H,6,7)/p-1. The largest absolute Gasteiger partial charge is 0.548 e. The van der Waals surface area contributed by atoms with Crippen LogP contribution in [0, 0.1) is 0 Å². The normalized spacial score (nSPS) is 13.4. The van der Waals surface area contributed by atoms with Gasteiger partial charge in [-0.3, -0.25) is 0 Å². The second-order valence-corrected chi connectivity index (χ2v) is 1.33. The van der Waals surface area contributed by atoms with Gasteiger partial charge in [-0.2, -0.15) is 0 Å². The van der Waals surface area contributed by atoms with Crippen LogP contribution < -0.4 is 10.4 Å². The van der Waals surface area contributed by atoms with Gasteiger partial charge in [0.05, 0.1) is 5.97 Å². The van der Waals surface area contributed by atoms with Crippen LogP contribution in [0.4, 0.5) is 0 Å². The fraction of sp³-hybridized carbons (Fsp3) is 0.750. The van der Waals surface area contributed by atoms with Crippen LogP contribution in [0.25, 0.3) is 0 Å². The van der Waals surface area contributed by atoms with Crippen molar-refractivity contribution in [1.29, 1.82) is 0 Å². The average molecular weight is 102 g/mol. The predicted octanol–water partition coefficient (Wildman–Crippen LogP) is -1.66. The van der Waals surface area contributed by atoms with Gasteiger partial charge in [-0.25, -0.2) is 0 Å². The van der Waals surface area contributed by atoms with Crippen molar-refractivity contribution >= 4 is 5.97 Å². The number of carboxylic acid groups (broad SMARTS) is 1. The molecule has 0 aliphatic carbocycles. The molecule has 7 heavy (non-hydrogen) atoms. The van der Waals surface area contributed by atoms with Gasteiger partial charge in [0.15, 0.2) is 0 Å². The number of carbonyl (C=O) groups is 1. The van der Waals surface area contributed by atoms with E-state index in [0.717, 1.165) is 0 Å². The number of nitrogens with one attached hydrogen (secondary N) is 1. The monoisotopic (exact) mass is 102 g/mol. The van der Waals surface area contributed by atoms with E-state index in [9.17, 15) is 9.90 Å². The Hall–Kier alpha value is -0.570. The highest BCUT2D eigenvalue weighted by Gasteiger charge is 1.93.